The van der Waals surface area contributed by atoms with Crippen molar-refractivity contribution in [3.05, 3.63) is 65.2 Å². The Balaban J connectivity index is 1.90. The molecule has 1 aromatic heterocycles. The topological polar surface area (TPSA) is 70.3 Å². The zero-order valence-corrected chi connectivity index (χ0v) is 14.8. The minimum absolute atomic E-state index is 0.0184. The summed E-state index contributed by atoms with van der Waals surface area (Å²) in [6.07, 6.45) is -3.77. The molecule has 1 heterocycles. The van der Waals surface area contributed by atoms with Gasteiger partial charge in [-0.05, 0) is 43.7 Å². The third-order valence-electron chi connectivity index (χ3n) is 3.81. The SMILES string of the molecule is Cc1ccc(Oc2ncnc(Oc3ccc(F)c(C(F)(F)F)c3)c2N)c(C)c1. The summed E-state index contributed by atoms with van der Waals surface area (Å²) in [5.41, 5.74) is 6.26. The van der Waals surface area contributed by atoms with E-state index < -0.39 is 17.6 Å². The van der Waals surface area contributed by atoms with Crippen LogP contribution in [-0.4, -0.2) is 9.97 Å². The lowest BCUT2D eigenvalue weighted by atomic mass is 10.1. The summed E-state index contributed by atoms with van der Waals surface area (Å²) in [6, 6.07) is 7.71. The molecule has 0 aliphatic heterocycles. The van der Waals surface area contributed by atoms with Crippen molar-refractivity contribution in [3.63, 3.8) is 0 Å². The van der Waals surface area contributed by atoms with Gasteiger partial charge in [-0.25, -0.2) is 4.39 Å². The van der Waals surface area contributed by atoms with E-state index in [1.54, 1.807) is 6.07 Å². The first-order valence-electron chi connectivity index (χ1n) is 8.05. The third kappa shape index (κ3) is 4.13. The zero-order chi connectivity index (χ0) is 20.5. The lowest BCUT2D eigenvalue weighted by Crippen LogP contribution is -2.08. The van der Waals surface area contributed by atoms with E-state index in [9.17, 15) is 17.6 Å². The summed E-state index contributed by atoms with van der Waals surface area (Å²) < 4.78 is 63.0. The number of hydrogen-bond acceptors (Lipinski definition) is 5. The molecular formula is C19H15F4N3O2. The van der Waals surface area contributed by atoms with Gasteiger partial charge in [0.25, 0.3) is 0 Å². The van der Waals surface area contributed by atoms with Crippen LogP contribution in [0, 0.1) is 19.7 Å². The van der Waals surface area contributed by atoms with Crippen LogP contribution >= 0.6 is 0 Å². The van der Waals surface area contributed by atoms with E-state index in [-0.39, 0.29) is 23.2 Å². The maximum absolute atomic E-state index is 13.4. The van der Waals surface area contributed by atoms with Crippen LogP contribution in [0.3, 0.4) is 0 Å². The third-order valence-corrected chi connectivity index (χ3v) is 3.81. The van der Waals surface area contributed by atoms with Crippen molar-refractivity contribution in [3.8, 4) is 23.3 Å². The van der Waals surface area contributed by atoms with Gasteiger partial charge in [0.1, 0.15) is 23.6 Å². The van der Waals surface area contributed by atoms with Gasteiger partial charge < -0.3 is 15.2 Å². The van der Waals surface area contributed by atoms with Crippen LogP contribution in [0.4, 0.5) is 23.2 Å². The fourth-order valence-corrected chi connectivity index (χ4v) is 2.44. The molecule has 0 unspecified atom stereocenters. The van der Waals surface area contributed by atoms with Crippen molar-refractivity contribution >= 4 is 5.69 Å². The highest BCUT2D eigenvalue weighted by molar-refractivity contribution is 5.58. The van der Waals surface area contributed by atoms with Gasteiger partial charge in [0.05, 0.1) is 5.56 Å². The van der Waals surface area contributed by atoms with Crippen LogP contribution in [0.15, 0.2) is 42.7 Å². The van der Waals surface area contributed by atoms with E-state index in [0.29, 0.717) is 17.9 Å². The zero-order valence-electron chi connectivity index (χ0n) is 14.8. The maximum Gasteiger partial charge on any atom is 0.419 e. The smallest absolute Gasteiger partial charge is 0.419 e. The minimum Gasteiger partial charge on any atom is -0.437 e. The van der Waals surface area contributed by atoms with Crippen molar-refractivity contribution in [1.82, 2.24) is 9.97 Å². The van der Waals surface area contributed by atoms with Crippen LogP contribution in [-0.2, 0) is 6.18 Å². The normalized spacial score (nSPS) is 11.4. The molecule has 0 amide bonds. The summed E-state index contributed by atoms with van der Waals surface area (Å²) >= 11 is 0. The summed E-state index contributed by atoms with van der Waals surface area (Å²) in [4.78, 5) is 7.75. The van der Waals surface area contributed by atoms with Gasteiger partial charge in [0, 0.05) is 0 Å². The lowest BCUT2D eigenvalue weighted by molar-refractivity contribution is -0.140. The molecule has 0 saturated carbocycles. The Morgan fingerprint density at radius 3 is 2.25 bits per heavy atom. The second kappa shape index (κ2) is 7.34. The van der Waals surface area contributed by atoms with Gasteiger partial charge in [-0.1, -0.05) is 17.7 Å². The Morgan fingerprint density at radius 1 is 0.929 bits per heavy atom. The molecular weight excluding hydrogens is 378 g/mol. The van der Waals surface area contributed by atoms with Crippen molar-refractivity contribution in [2.45, 2.75) is 20.0 Å². The quantitative estimate of drug-likeness (QED) is 0.600. The molecule has 0 aliphatic carbocycles. The number of halogens is 4. The predicted octanol–water partition coefficient (Wildman–Crippen LogP) is 5.42. The molecule has 28 heavy (non-hydrogen) atoms. The van der Waals surface area contributed by atoms with Gasteiger partial charge in [-0.2, -0.15) is 23.1 Å². The van der Waals surface area contributed by atoms with Crippen LogP contribution in [0.2, 0.25) is 0 Å². The summed E-state index contributed by atoms with van der Waals surface area (Å²) in [5.74, 6) is -1.42. The van der Waals surface area contributed by atoms with Crippen LogP contribution in [0.5, 0.6) is 23.3 Å². The number of hydrogen-bond donors (Lipinski definition) is 1. The second-order valence-electron chi connectivity index (χ2n) is 6.01. The number of anilines is 1. The van der Waals surface area contributed by atoms with Gasteiger partial charge in [0.15, 0.2) is 5.69 Å². The molecule has 0 bridgehead atoms. The van der Waals surface area contributed by atoms with Gasteiger partial charge in [0.2, 0.25) is 11.8 Å². The first-order chi connectivity index (χ1) is 13.1. The van der Waals surface area contributed by atoms with E-state index in [1.807, 2.05) is 26.0 Å². The largest absolute Gasteiger partial charge is 0.437 e. The monoisotopic (exact) mass is 393 g/mol. The summed E-state index contributed by atoms with van der Waals surface area (Å²) in [7, 11) is 0. The van der Waals surface area contributed by atoms with Gasteiger partial charge in [-0.15, -0.1) is 0 Å². The number of aromatic nitrogens is 2. The van der Waals surface area contributed by atoms with E-state index in [2.05, 4.69) is 9.97 Å². The molecule has 0 spiro atoms. The number of alkyl halides is 3. The van der Waals surface area contributed by atoms with Gasteiger partial charge in [-0.3, -0.25) is 0 Å². The van der Waals surface area contributed by atoms with Gasteiger partial charge >= 0.3 is 6.18 Å². The van der Waals surface area contributed by atoms with E-state index >= 15 is 0 Å². The molecule has 9 heteroatoms. The molecule has 0 aliphatic rings. The molecule has 5 nitrogen and oxygen atoms in total. The molecule has 2 N–H and O–H groups in total. The van der Waals surface area contributed by atoms with E-state index in [1.165, 1.54) is 0 Å². The highest BCUT2D eigenvalue weighted by atomic mass is 19.4. The number of rotatable bonds is 4. The summed E-state index contributed by atoms with van der Waals surface area (Å²) in [5, 5.41) is 0. The highest BCUT2D eigenvalue weighted by Gasteiger charge is 2.34. The molecule has 0 saturated heterocycles. The Hall–Kier alpha value is -3.36. The van der Waals surface area contributed by atoms with E-state index in [0.717, 1.165) is 23.5 Å². The van der Waals surface area contributed by atoms with Crippen molar-refractivity contribution in [1.29, 1.82) is 0 Å². The molecule has 3 aromatic rings. The number of nitrogens with two attached hydrogens (primary N) is 1. The fourth-order valence-electron chi connectivity index (χ4n) is 2.44. The average Bonchev–Trinajstić information content (AvgIpc) is 2.61. The fraction of sp³-hybridized carbons (Fsp3) is 0.158. The molecule has 3 rings (SSSR count). The molecule has 146 valence electrons. The first kappa shape index (κ1) is 19.4. The second-order valence-corrected chi connectivity index (χ2v) is 6.01. The van der Waals surface area contributed by atoms with Crippen molar-refractivity contribution in [2.24, 2.45) is 0 Å². The van der Waals surface area contributed by atoms with Crippen LogP contribution in [0.25, 0.3) is 0 Å². The number of ether oxygens (including phenoxy) is 2. The summed E-state index contributed by atoms with van der Waals surface area (Å²) in [6.45, 7) is 3.77. The number of aryl methyl sites for hydroxylation is 2. The lowest BCUT2D eigenvalue weighted by Gasteiger charge is -2.13. The van der Waals surface area contributed by atoms with E-state index in [4.69, 9.17) is 15.2 Å². The Bertz CT molecular complexity index is 1020. The first-order valence-corrected chi connectivity index (χ1v) is 8.05. The Labute approximate surface area is 157 Å². The van der Waals surface area contributed by atoms with Crippen molar-refractivity contribution < 1.29 is 27.0 Å². The number of nitrogen functional groups attached to an aromatic ring is 1. The number of nitrogens with zero attached hydrogens (tertiary/aromatic N) is 2. The average molecular weight is 393 g/mol. The molecule has 0 atom stereocenters. The standard InChI is InChI=1S/C19H15F4N3O2/c1-10-3-6-15(11(2)7-10)28-18-16(24)17(25-9-26-18)27-12-4-5-14(20)13(8-12)19(21,22)23/h3-9H,24H2,1-2H3. The Kier molecular flexibility index (Phi) is 5.08. The van der Waals surface area contributed by atoms with Crippen LogP contribution < -0.4 is 15.2 Å². The molecule has 0 fully saturated rings. The Morgan fingerprint density at radius 2 is 1.61 bits per heavy atom. The molecule has 0 radical (unpaired) electrons. The highest BCUT2D eigenvalue weighted by Crippen LogP contribution is 2.37. The number of benzene rings is 2. The predicted molar refractivity (Wildman–Crippen MR) is 93.9 cm³/mol. The minimum atomic E-state index is -4.86. The maximum atomic E-state index is 13.4. The van der Waals surface area contributed by atoms with Crippen LogP contribution in [0.1, 0.15) is 16.7 Å². The molecule has 2 aromatic carbocycles. The van der Waals surface area contributed by atoms with Crippen molar-refractivity contribution in [2.75, 3.05) is 5.73 Å².